The summed E-state index contributed by atoms with van der Waals surface area (Å²) >= 11 is 6.07. The highest BCUT2D eigenvalue weighted by molar-refractivity contribution is 6.30. The summed E-state index contributed by atoms with van der Waals surface area (Å²) < 4.78 is 10.7. The lowest BCUT2D eigenvalue weighted by molar-refractivity contribution is 0.0707. The largest absolute Gasteiger partial charge is 0.497 e. The molecule has 1 aliphatic rings. The summed E-state index contributed by atoms with van der Waals surface area (Å²) in [5, 5.41) is 8.63. The molecule has 1 saturated heterocycles. The van der Waals surface area contributed by atoms with Crippen molar-refractivity contribution in [2.45, 2.75) is 0 Å². The van der Waals surface area contributed by atoms with Crippen molar-refractivity contribution >= 4 is 23.2 Å². The van der Waals surface area contributed by atoms with Crippen molar-refractivity contribution in [3.63, 3.8) is 0 Å². The number of ether oxygens (including phenoxy) is 1. The minimum atomic E-state index is -0.252. The first-order chi connectivity index (χ1) is 13.6. The van der Waals surface area contributed by atoms with Gasteiger partial charge in [-0.15, -0.1) is 10.2 Å². The van der Waals surface area contributed by atoms with Crippen molar-refractivity contribution in [2.75, 3.05) is 38.2 Å². The molecule has 2 heterocycles. The Morgan fingerprint density at radius 1 is 1.07 bits per heavy atom. The molecule has 8 heteroatoms. The predicted molar refractivity (Wildman–Crippen MR) is 106 cm³/mol. The summed E-state index contributed by atoms with van der Waals surface area (Å²) in [6.45, 7) is 2.58. The van der Waals surface area contributed by atoms with Gasteiger partial charge in [0.15, 0.2) is 0 Å². The lowest BCUT2D eigenvalue weighted by Crippen LogP contribution is -2.48. The number of halogens is 1. The van der Waals surface area contributed by atoms with E-state index in [1.807, 2.05) is 36.4 Å². The zero-order chi connectivity index (χ0) is 19.5. The van der Waals surface area contributed by atoms with Gasteiger partial charge in [-0.2, -0.15) is 0 Å². The van der Waals surface area contributed by atoms with Crippen LogP contribution in [-0.2, 0) is 0 Å². The zero-order valence-corrected chi connectivity index (χ0v) is 16.1. The Morgan fingerprint density at radius 3 is 2.50 bits per heavy atom. The number of rotatable bonds is 4. The number of piperazine rings is 1. The third-order valence-electron chi connectivity index (χ3n) is 4.69. The molecular formula is C20H19ClN4O3. The normalized spacial score (nSPS) is 14.2. The maximum absolute atomic E-state index is 12.7. The second-order valence-corrected chi connectivity index (χ2v) is 6.84. The van der Waals surface area contributed by atoms with Crippen molar-refractivity contribution in [3.8, 4) is 17.2 Å². The highest BCUT2D eigenvalue weighted by atomic mass is 35.5. The molecule has 1 amide bonds. The minimum Gasteiger partial charge on any atom is -0.497 e. The van der Waals surface area contributed by atoms with Gasteiger partial charge in [-0.25, -0.2) is 0 Å². The van der Waals surface area contributed by atoms with E-state index in [-0.39, 0.29) is 11.8 Å². The molecule has 1 aromatic heterocycles. The fraction of sp³-hybridized carbons (Fsp3) is 0.250. The highest BCUT2D eigenvalue weighted by Crippen LogP contribution is 2.23. The summed E-state index contributed by atoms with van der Waals surface area (Å²) in [6, 6.07) is 14.9. The second kappa shape index (κ2) is 7.90. The van der Waals surface area contributed by atoms with Crippen LogP contribution < -0.4 is 9.64 Å². The van der Waals surface area contributed by atoms with E-state index in [2.05, 4.69) is 15.1 Å². The second-order valence-electron chi connectivity index (χ2n) is 6.40. The van der Waals surface area contributed by atoms with Crippen LogP contribution in [-0.4, -0.2) is 54.3 Å². The molecule has 3 aromatic rings. The molecule has 0 atom stereocenters. The Bertz CT molecular complexity index is 966. The molecule has 0 N–H and O–H groups in total. The quantitative estimate of drug-likeness (QED) is 0.671. The number of aromatic nitrogens is 2. The molecule has 4 rings (SSSR count). The number of nitrogens with zero attached hydrogens (tertiary/aromatic N) is 4. The number of anilines is 1. The van der Waals surface area contributed by atoms with E-state index < -0.39 is 0 Å². The Hall–Kier alpha value is -3.06. The summed E-state index contributed by atoms with van der Waals surface area (Å²) in [4.78, 5) is 16.6. The maximum atomic E-state index is 12.7. The van der Waals surface area contributed by atoms with Gasteiger partial charge in [0.25, 0.3) is 0 Å². The molecule has 0 radical (unpaired) electrons. The van der Waals surface area contributed by atoms with E-state index in [4.69, 9.17) is 20.8 Å². The SMILES string of the molecule is COc1ccc(-c2nnc(C(=O)N3CCN(c4cccc(Cl)c4)CC3)o2)cc1. The number of amides is 1. The van der Waals surface area contributed by atoms with Crippen LogP contribution in [0.1, 0.15) is 10.7 Å². The average Bonchev–Trinajstić information content (AvgIpc) is 3.24. The highest BCUT2D eigenvalue weighted by Gasteiger charge is 2.26. The van der Waals surface area contributed by atoms with E-state index in [1.54, 1.807) is 24.1 Å². The Morgan fingerprint density at radius 2 is 1.82 bits per heavy atom. The van der Waals surface area contributed by atoms with E-state index in [1.165, 1.54) is 0 Å². The van der Waals surface area contributed by atoms with Crippen molar-refractivity contribution in [1.29, 1.82) is 0 Å². The molecule has 0 bridgehead atoms. The summed E-state index contributed by atoms with van der Waals surface area (Å²) in [5.74, 6) is 0.792. The number of benzene rings is 2. The summed E-state index contributed by atoms with van der Waals surface area (Å²) in [6.07, 6.45) is 0. The van der Waals surface area contributed by atoms with Crippen LogP contribution in [0.5, 0.6) is 5.75 Å². The van der Waals surface area contributed by atoms with Gasteiger partial charge in [0.05, 0.1) is 7.11 Å². The molecule has 0 aliphatic carbocycles. The molecule has 1 aliphatic heterocycles. The van der Waals surface area contributed by atoms with Crippen LogP contribution >= 0.6 is 11.6 Å². The van der Waals surface area contributed by atoms with Crippen LogP contribution in [0.25, 0.3) is 11.5 Å². The lowest BCUT2D eigenvalue weighted by atomic mass is 10.2. The van der Waals surface area contributed by atoms with Gasteiger partial charge in [-0.1, -0.05) is 17.7 Å². The average molecular weight is 399 g/mol. The van der Waals surface area contributed by atoms with Crippen molar-refractivity contribution in [3.05, 3.63) is 59.4 Å². The predicted octanol–water partition coefficient (Wildman–Crippen LogP) is 3.36. The van der Waals surface area contributed by atoms with Gasteiger partial charge < -0.3 is 19.0 Å². The summed E-state index contributed by atoms with van der Waals surface area (Å²) in [7, 11) is 1.60. The van der Waals surface area contributed by atoms with Crippen LogP contribution in [0.3, 0.4) is 0 Å². The standard InChI is InChI=1S/C20H19ClN4O3/c1-27-17-7-5-14(6-8-17)18-22-23-19(28-18)20(26)25-11-9-24(10-12-25)16-4-2-3-15(21)13-16/h2-8,13H,9-12H2,1H3. The Kier molecular flexibility index (Phi) is 5.16. The number of methoxy groups -OCH3 is 1. The first-order valence-corrected chi connectivity index (χ1v) is 9.29. The monoisotopic (exact) mass is 398 g/mol. The molecule has 2 aromatic carbocycles. The van der Waals surface area contributed by atoms with Crippen LogP contribution in [0.2, 0.25) is 5.02 Å². The zero-order valence-electron chi connectivity index (χ0n) is 15.3. The number of carbonyl (C=O) groups excluding carboxylic acids is 1. The van der Waals surface area contributed by atoms with E-state index in [0.29, 0.717) is 37.1 Å². The van der Waals surface area contributed by atoms with Gasteiger partial charge in [0.2, 0.25) is 5.89 Å². The maximum Gasteiger partial charge on any atom is 0.311 e. The molecule has 0 unspecified atom stereocenters. The molecule has 1 fully saturated rings. The summed E-state index contributed by atoms with van der Waals surface area (Å²) in [5.41, 5.74) is 1.79. The van der Waals surface area contributed by atoms with Crippen molar-refractivity contribution in [1.82, 2.24) is 15.1 Å². The van der Waals surface area contributed by atoms with Crippen LogP contribution in [0.15, 0.2) is 52.9 Å². The smallest absolute Gasteiger partial charge is 0.311 e. The fourth-order valence-electron chi connectivity index (χ4n) is 3.14. The fourth-order valence-corrected chi connectivity index (χ4v) is 3.32. The van der Waals surface area contributed by atoms with E-state index in [9.17, 15) is 4.79 Å². The van der Waals surface area contributed by atoms with Gasteiger partial charge in [-0.05, 0) is 42.5 Å². The minimum absolute atomic E-state index is 0.00187. The molecule has 144 valence electrons. The first-order valence-electron chi connectivity index (χ1n) is 8.92. The molecule has 0 spiro atoms. The number of carbonyl (C=O) groups is 1. The number of hydrogen-bond donors (Lipinski definition) is 0. The topological polar surface area (TPSA) is 71.7 Å². The van der Waals surface area contributed by atoms with Gasteiger partial charge in [0.1, 0.15) is 5.75 Å². The molecule has 7 nitrogen and oxygen atoms in total. The molecule has 0 saturated carbocycles. The third kappa shape index (κ3) is 3.80. The Labute approximate surface area is 167 Å². The van der Waals surface area contributed by atoms with Gasteiger partial charge in [0, 0.05) is 42.5 Å². The first kappa shape index (κ1) is 18.3. The van der Waals surface area contributed by atoms with Gasteiger partial charge >= 0.3 is 11.8 Å². The third-order valence-corrected chi connectivity index (χ3v) is 4.92. The molecule has 28 heavy (non-hydrogen) atoms. The van der Waals surface area contributed by atoms with Crippen molar-refractivity contribution < 1.29 is 13.9 Å². The van der Waals surface area contributed by atoms with Crippen LogP contribution in [0, 0.1) is 0 Å². The van der Waals surface area contributed by atoms with Crippen LogP contribution in [0.4, 0.5) is 5.69 Å². The Balaban J connectivity index is 1.41. The number of hydrogen-bond acceptors (Lipinski definition) is 6. The molecular weight excluding hydrogens is 380 g/mol. The lowest BCUT2D eigenvalue weighted by Gasteiger charge is -2.35. The van der Waals surface area contributed by atoms with E-state index >= 15 is 0 Å². The van der Waals surface area contributed by atoms with E-state index in [0.717, 1.165) is 17.0 Å². The van der Waals surface area contributed by atoms with Crippen molar-refractivity contribution in [2.24, 2.45) is 0 Å². The van der Waals surface area contributed by atoms with Gasteiger partial charge in [-0.3, -0.25) is 4.79 Å².